The molecule has 0 aromatic carbocycles. The number of hydrogen-bond acceptors (Lipinski definition) is 2. The van der Waals surface area contributed by atoms with Gasteiger partial charge in [-0.1, -0.05) is 0 Å². The van der Waals surface area contributed by atoms with Crippen LogP contribution in [0.25, 0.3) is 5.69 Å². The van der Waals surface area contributed by atoms with Crippen molar-refractivity contribution in [2.45, 2.75) is 0 Å². The molecule has 2 heterocycles. The standard InChI is InChI=1S/C8H5Br2N3/c9-7-5-12-8(10)13(7)6-2-1-3-11-4-6/h1-5H. The summed E-state index contributed by atoms with van der Waals surface area (Å²) >= 11 is 6.74. The summed E-state index contributed by atoms with van der Waals surface area (Å²) in [7, 11) is 0. The molecular formula is C8H5Br2N3. The first kappa shape index (κ1) is 8.90. The Morgan fingerprint density at radius 3 is 2.62 bits per heavy atom. The van der Waals surface area contributed by atoms with Crippen molar-refractivity contribution in [3.8, 4) is 5.69 Å². The fourth-order valence-electron chi connectivity index (χ4n) is 1.03. The van der Waals surface area contributed by atoms with Crippen LogP contribution in [-0.2, 0) is 0 Å². The maximum absolute atomic E-state index is 4.10. The Hall–Kier alpha value is -0.680. The summed E-state index contributed by atoms with van der Waals surface area (Å²) in [6.45, 7) is 0. The van der Waals surface area contributed by atoms with Crippen LogP contribution in [0.4, 0.5) is 0 Å². The third-order valence-corrected chi connectivity index (χ3v) is 2.70. The minimum atomic E-state index is 0.757. The molecule has 0 unspecified atom stereocenters. The van der Waals surface area contributed by atoms with Gasteiger partial charge < -0.3 is 0 Å². The zero-order chi connectivity index (χ0) is 9.26. The Bertz CT molecular complexity index is 391. The van der Waals surface area contributed by atoms with E-state index >= 15 is 0 Å². The van der Waals surface area contributed by atoms with E-state index in [0.29, 0.717) is 0 Å². The Labute approximate surface area is 92.1 Å². The van der Waals surface area contributed by atoms with Gasteiger partial charge in [-0.05, 0) is 44.0 Å². The first-order valence-electron chi connectivity index (χ1n) is 3.58. The van der Waals surface area contributed by atoms with Gasteiger partial charge >= 0.3 is 0 Å². The van der Waals surface area contributed by atoms with E-state index in [9.17, 15) is 0 Å². The second-order valence-electron chi connectivity index (χ2n) is 2.40. The van der Waals surface area contributed by atoms with E-state index in [4.69, 9.17) is 0 Å². The molecule has 66 valence electrons. The lowest BCUT2D eigenvalue weighted by Gasteiger charge is -2.03. The Morgan fingerprint density at radius 1 is 1.23 bits per heavy atom. The second-order valence-corrected chi connectivity index (χ2v) is 3.92. The highest BCUT2D eigenvalue weighted by atomic mass is 79.9. The van der Waals surface area contributed by atoms with Gasteiger partial charge in [0, 0.05) is 6.20 Å². The molecule has 0 saturated carbocycles. The van der Waals surface area contributed by atoms with Gasteiger partial charge in [0.1, 0.15) is 4.60 Å². The molecule has 0 N–H and O–H groups in total. The van der Waals surface area contributed by atoms with Crippen molar-refractivity contribution in [2.75, 3.05) is 0 Å². The molecule has 0 fully saturated rings. The normalized spacial score (nSPS) is 10.3. The zero-order valence-corrected chi connectivity index (χ0v) is 9.66. The summed E-state index contributed by atoms with van der Waals surface area (Å²) in [4.78, 5) is 8.13. The molecule has 0 bridgehead atoms. The molecule has 0 aliphatic rings. The van der Waals surface area contributed by atoms with Crippen molar-refractivity contribution in [3.63, 3.8) is 0 Å². The van der Waals surface area contributed by atoms with Gasteiger partial charge in [-0.2, -0.15) is 0 Å². The average molecular weight is 303 g/mol. The molecule has 0 spiro atoms. The van der Waals surface area contributed by atoms with Gasteiger partial charge in [-0.25, -0.2) is 4.98 Å². The summed E-state index contributed by atoms with van der Waals surface area (Å²) < 4.78 is 3.56. The number of halogens is 2. The molecule has 2 rings (SSSR count). The Balaban J connectivity index is 2.59. The fourth-order valence-corrected chi connectivity index (χ4v) is 2.24. The molecule has 0 aliphatic carbocycles. The third-order valence-electron chi connectivity index (χ3n) is 1.58. The lowest BCUT2D eigenvalue weighted by molar-refractivity contribution is 0.980. The predicted octanol–water partition coefficient (Wildman–Crippen LogP) is 2.79. The van der Waals surface area contributed by atoms with Crippen LogP contribution < -0.4 is 0 Å². The van der Waals surface area contributed by atoms with Crippen LogP contribution in [0, 0.1) is 0 Å². The van der Waals surface area contributed by atoms with Crippen LogP contribution in [0.5, 0.6) is 0 Å². The van der Waals surface area contributed by atoms with Gasteiger partial charge in [0.05, 0.1) is 18.1 Å². The first-order chi connectivity index (χ1) is 6.29. The second kappa shape index (κ2) is 3.59. The molecule has 0 amide bonds. The summed E-state index contributed by atoms with van der Waals surface area (Å²) in [6.07, 6.45) is 5.25. The van der Waals surface area contributed by atoms with Gasteiger partial charge in [0.25, 0.3) is 0 Å². The minimum Gasteiger partial charge on any atom is -0.280 e. The fraction of sp³-hybridized carbons (Fsp3) is 0. The van der Waals surface area contributed by atoms with Gasteiger partial charge in [0.15, 0.2) is 4.73 Å². The van der Waals surface area contributed by atoms with Crippen molar-refractivity contribution < 1.29 is 0 Å². The minimum absolute atomic E-state index is 0.757. The Kier molecular flexibility index (Phi) is 2.46. The number of imidazole rings is 1. The van der Waals surface area contributed by atoms with E-state index in [-0.39, 0.29) is 0 Å². The number of aromatic nitrogens is 3. The maximum Gasteiger partial charge on any atom is 0.182 e. The lowest BCUT2D eigenvalue weighted by atomic mass is 10.4. The summed E-state index contributed by atoms with van der Waals surface area (Å²) in [5, 5.41) is 0. The van der Waals surface area contributed by atoms with E-state index < -0.39 is 0 Å². The molecule has 3 nitrogen and oxygen atoms in total. The van der Waals surface area contributed by atoms with Crippen LogP contribution in [0.3, 0.4) is 0 Å². The van der Waals surface area contributed by atoms with Gasteiger partial charge in [-0.3, -0.25) is 9.55 Å². The van der Waals surface area contributed by atoms with Crippen molar-refractivity contribution in [1.29, 1.82) is 0 Å². The van der Waals surface area contributed by atoms with Crippen LogP contribution in [0.15, 0.2) is 40.1 Å². The monoisotopic (exact) mass is 301 g/mol. The molecular weight excluding hydrogens is 298 g/mol. The molecule has 2 aromatic rings. The third kappa shape index (κ3) is 1.66. The van der Waals surface area contributed by atoms with Crippen molar-refractivity contribution in [1.82, 2.24) is 14.5 Å². The number of rotatable bonds is 1. The summed E-state index contributed by atoms with van der Waals surface area (Å²) in [5.74, 6) is 0. The Morgan fingerprint density at radius 2 is 2.08 bits per heavy atom. The zero-order valence-electron chi connectivity index (χ0n) is 6.48. The van der Waals surface area contributed by atoms with E-state index in [1.165, 1.54) is 0 Å². The van der Waals surface area contributed by atoms with Crippen LogP contribution >= 0.6 is 31.9 Å². The number of nitrogens with zero attached hydrogens (tertiary/aromatic N) is 3. The largest absolute Gasteiger partial charge is 0.280 e. The summed E-state index contributed by atoms with van der Waals surface area (Å²) in [6, 6.07) is 3.85. The van der Waals surface area contributed by atoms with E-state index in [1.807, 2.05) is 16.7 Å². The van der Waals surface area contributed by atoms with Gasteiger partial charge in [-0.15, -0.1) is 0 Å². The molecule has 5 heteroatoms. The van der Waals surface area contributed by atoms with E-state index in [0.717, 1.165) is 15.0 Å². The topological polar surface area (TPSA) is 30.7 Å². The summed E-state index contributed by atoms with van der Waals surface area (Å²) in [5.41, 5.74) is 0.971. The SMILES string of the molecule is Brc1cnc(Br)n1-c1cccnc1. The smallest absolute Gasteiger partial charge is 0.182 e. The van der Waals surface area contributed by atoms with Crippen LogP contribution in [0.2, 0.25) is 0 Å². The highest BCUT2D eigenvalue weighted by Crippen LogP contribution is 2.21. The number of pyridine rings is 1. The first-order valence-corrected chi connectivity index (χ1v) is 5.17. The number of hydrogen-bond donors (Lipinski definition) is 0. The lowest BCUT2D eigenvalue weighted by Crippen LogP contribution is -1.94. The molecule has 0 saturated heterocycles. The van der Waals surface area contributed by atoms with Crippen LogP contribution in [0.1, 0.15) is 0 Å². The highest BCUT2D eigenvalue weighted by Gasteiger charge is 2.06. The van der Waals surface area contributed by atoms with E-state index in [1.54, 1.807) is 18.6 Å². The van der Waals surface area contributed by atoms with Crippen molar-refractivity contribution in [3.05, 3.63) is 40.1 Å². The van der Waals surface area contributed by atoms with E-state index in [2.05, 4.69) is 41.8 Å². The molecule has 2 aromatic heterocycles. The van der Waals surface area contributed by atoms with Gasteiger partial charge in [0.2, 0.25) is 0 Å². The predicted molar refractivity (Wildman–Crippen MR) is 56.8 cm³/mol. The molecule has 0 aliphatic heterocycles. The quantitative estimate of drug-likeness (QED) is 0.811. The van der Waals surface area contributed by atoms with Crippen LogP contribution in [-0.4, -0.2) is 14.5 Å². The average Bonchev–Trinajstić information content (AvgIpc) is 2.48. The van der Waals surface area contributed by atoms with Crippen molar-refractivity contribution >= 4 is 31.9 Å². The molecule has 13 heavy (non-hydrogen) atoms. The van der Waals surface area contributed by atoms with Crippen molar-refractivity contribution in [2.24, 2.45) is 0 Å². The molecule has 0 atom stereocenters. The maximum atomic E-state index is 4.10. The highest BCUT2D eigenvalue weighted by molar-refractivity contribution is 9.11. The molecule has 0 radical (unpaired) electrons.